The topological polar surface area (TPSA) is 97.1 Å². The van der Waals surface area contributed by atoms with Crippen molar-refractivity contribution < 1.29 is 4.92 Å². The van der Waals surface area contributed by atoms with Crippen LogP contribution in [-0.2, 0) is 0 Å². The van der Waals surface area contributed by atoms with E-state index in [-0.39, 0.29) is 11.5 Å². The first kappa shape index (κ1) is 13.2. The van der Waals surface area contributed by atoms with Crippen LogP contribution in [0.25, 0.3) is 0 Å². The van der Waals surface area contributed by atoms with Crippen LogP contribution >= 0.6 is 0 Å². The molecular formula is C13H14N6O2. The average molecular weight is 286 g/mol. The van der Waals surface area contributed by atoms with Crippen LogP contribution < -0.4 is 10.2 Å². The van der Waals surface area contributed by atoms with Gasteiger partial charge < -0.3 is 10.2 Å². The molecule has 0 aromatic carbocycles. The first-order chi connectivity index (χ1) is 10.3. The van der Waals surface area contributed by atoms with Crippen molar-refractivity contribution in [2.45, 2.75) is 12.8 Å². The van der Waals surface area contributed by atoms with Crippen molar-refractivity contribution in [3.63, 3.8) is 0 Å². The molecule has 0 radical (unpaired) electrons. The van der Waals surface area contributed by atoms with Crippen molar-refractivity contribution in [1.82, 2.24) is 15.0 Å². The van der Waals surface area contributed by atoms with E-state index >= 15 is 0 Å². The van der Waals surface area contributed by atoms with Gasteiger partial charge in [-0.15, -0.1) is 0 Å². The summed E-state index contributed by atoms with van der Waals surface area (Å²) in [6.45, 7) is 1.56. The zero-order valence-electron chi connectivity index (χ0n) is 11.3. The summed E-state index contributed by atoms with van der Waals surface area (Å²) in [6, 6.07) is 3.52. The molecule has 2 aromatic rings. The number of nitrogens with zero attached hydrogens (tertiary/aromatic N) is 5. The summed E-state index contributed by atoms with van der Waals surface area (Å²) in [7, 11) is 0. The van der Waals surface area contributed by atoms with E-state index in [4.69, 9.17) is 0 Å². The molecule has 0 bridgehead atoms. The van der Waals surface area contributed by atoms with E-state index in [0.717, 1.165) is 25.9 Å². The molecule has 1 aliphatic rings. The van der Waals surface area contributed by atoms with Crippen molar-refractivity contribution in [2.75, 3.05) is 23.3 Å². The molecule has 0 spiro atoms. The summed E-state index contributed by atoms with van der Waals surface area (Å²) in [5, 5.41) is 14.4. The molecule has 0 saturated carbocycles. The van der Waals surface area contributed by atoms with Gasteiger partial charge >= 0.3 is 5.69 Å². The van der Waals surface area contributed by atoms with Gasteiger partial charge in [0.2, 0.25) is 11.6 Å². The molecule has 0 atom stereocenters. The lowest BCUT2D eigenvalue weighted by Crippen LogP contribution is -2.21. The fourth-order valence-electron chi connectivity index (χ4n) is 2.36. The van der Waals surface area contributed by atoms with Crippen molar-refractivity contribution in [3.05, 3.63) is 41.0 Å². The highest BCUT2D eigenvalue weighted by atomic mass is 16.6. The van der Waals surface area contributed by atoms with Gasteiger partial charge in [-0.25, -0.2) is 9.97 Å². The van der Waals surface area contributed by atoms with E-state index in [1.165, 1.54) is 6.33 Å². The number of aromatic nitrogens is 3. The molecule has 8 nitrogen and oxygen atoms in total. The molecule has 0 amide bonds. The summed E-state index contributed by atoms with van der Waals surface area (Å²) in [5.41, 5.74) is 0.551. The first-order valence-electron chi connectivity index (χ1n) is 6.67. The molecule has 0 unspecified atom stereocenters. The molecule has 3 heterocycles. The van der Waals surface area contributed by atoms with Crippen LogP contribution in [0.5, 0.6) is 0 Å². The minimum atomic E-state index is -0.438. The van der Waals surface area contributed by atoms with Gasteiger partial charge in [0.1, 0.15) is 6.33 Å². The lowest BCUT2D eigenvalue weighted by molar-refractivity contribution is -0.383. The molecule has 108 valence electrons. The minimum absolute atomic E-state index is 0.0942. The number of nitrogens with one attached hydrogen (secondary N) is 1. The third-order valence-corrected chi connectivity index (χ3v) is 3.32. The van der Waals surface area contributed by atoms with Gasteiger partial charge in [0.15, 0.2) is 0 Å². The average Bonchev–Trinajstić information content (AvgIpc) is 3.02. The maximum Gasteiger partial charge on any atom is 0.353 e. The van der Waals surface area contributed by atoms with Gasteiger partial charge in [0, 0.05) is 19.3 Å². The molecule has 2 aromatic heterocycles. The number of pyridine rings is 1. The zero-order valence-corrected chi connectivity index (χ0v) is 11.3. The molecule has 8 heteroatoms. The van der Waals surface area contributed by atoms with E-state index in [1.807, 2.05) is 4.90 Å². The standard InChI is InChI=1S/C13H14N6O2/c20-19(21)11-12(17-10-4-3-5-14-8-10)15-9-16-13(11)18-6-1-2-7-18/h3-5,8-9H,1-2,6-7H2,(H,15,16,17). The first-order valence-corrected chi connectivity index (χ1v) is 6.67. The van der Waals surface area contributed by atoms with Crippen LogP contribution in [0.1, 0.15) is 12.8 Å². The summed E-state index contributed by atoms with van der Waals surface area (Å²) in [6.07, 6.45) is 6.61. The highest BCUT2D eigenvalue weighted by Gasteiger charge is 2.28. The summed E-state index contributed by atoms with van der Waals surface area (Å²) < 4.78 is 0. The highest BCUT2D eigenvalue weighted by molar-refractivity contribution is 5.74. The second kappa shape index (κ2) is 5.70. The van der Waals surface area contributed by atoms with Crippen LogP contribution in [0.3, 0.4) is 0 Å². The predicted molar refractivity (Wildman–Crippen MR) is 77.7 cm³/mol. The molecule has 1 N–H and O–H groups in total. The molecule has 21 heavy (non-hydrogen) atoms. The Labute approximate surface area is 121 Å². The van der Waals surface area contributed by atoms with Crippen LogP contribution in [0.15, 0.2) is 30.9 Å². The van der Waals surface area contributed by atoms with E-state index in [2.05, 4.69) is 20.3 Å². The van der Waals surface area contributed by atoms with Crippen LogP contribution in [-0.4, -0.2) is 33.0 Å². The second-order valence-electron chi connectivity index (χ2n) is 4.71. The van der Waals surface area contributed by atoms with Gasteiger partial charge in [-0.1, -0.05) is 0 Å². The molecule has 1 saturated heterocycles. The van der Waals surface area contributed by atoms with Crippen molar-refractivity contribution in [1.29, 1.82) is 0 Å². The van der Waals surface area contributed by atoms with E-state index in [9.17, 15) is 10.1 Å². The number of nitro groups is 1. The van der Waals surface area contributed by atoms with Crippen molar-refractivity contribution >= 4 is 23.0 Å². The SMILES string of the molecule is O=[N+]([O-])c1c(Nc2cccnc2)ncnc1N1CCCC1. The third-order valence-electron chi connectivity index (χ3n) is 3.32. The Hall–Kier alpha value is -2.77. The Balaban J connectivity index is 1.99. The van der Waals surface area contributed by atoms with Gasteiger partial charge in [-0.2, -0.15) is 0 Å². The molecule has 3 rings (SSSR count). The third kappa shape index (κ3) is 2.73. The molecule has 0 aliphatic carbocycles. The largest absolute Gasteiger partial charge is 0.353 e. The summed E-state index contributed by atoms with van der Waals surface area (Å²) >= 11 is 0. The zero-order chi connectivity index (χ0) is 14.7. The Morgan fingerprint density at radius 2 is 2.10 bits per heavy atom. The van der Waals surface area contributed by atoms with Crippen molar-refractivity contribution in [2.24, 2.45) is 0 Å². The van der Waals surface area contributed by atoms with E-state index in [0.29, 0.717) is 11.5 Å². The lowest BCUT2D eigenvalue weighted by atomic mass is 10.3. The minimum Gasteiger partial charge on any atom is -0.351 e. The Morgan fingerprint density at radius 3 is 2.76 bits per heavy atom. The predicted octanol–water partition coefficient (Wildman–Crippen LogP) is 2.12. The van der Waals surface area contributed by atoms with Gasteiger partial charge in [-0.3, -0.25) is 15.1 Å². The van der Waals surface area contributed by atoms with Gasteiger partial charge in [-0.05, 0) is 25.0 Å². The normalized spacial score (nSPS) is 14.2. The monoisotopic (exact) mass is 286 g/mol. The highest BCUT2D eigenvalue weighted by Crippen LogP contribution is 2.34. The molecular weight excluding hydrogens is 272 g/mol. The number of hydrogen-bond donors (Lipinski definition) is 1. The molecule has 1 aliphatic heterocycles. The Morgan fingerprint density at radius 1 is 1.29 bits per heavy atom. The summed E-state index contributed by atoms with van der Waals surface area (Å²) in [4.78, 5) is 25.0. The van der Waals surface area contributed by atoms with Crippen molar-refractivity contribution in [3.8, 4) is 0 Å². The maximum atomic E-state index is 11.4. The number of anilines is 3. The second-order valence-corrected chi connectivity index (χ2v) is 4.71. The fourth-order valence-corrected chi connectivity index (χ4v) is 2.36. The van der Waals surface area contributed by atoms with Crippen LogP contribution in [0.4, 0.5) is 23.0 Å². The summed E-state index contributed by atoms with van der Waals surface area (Å²) in [5.74, 6) is 0.559. The quantitative estimate of drug-likeness (QED) is 0.679. The van der Waals surface area contributed by atoms with Gasteiger partial charge in [0.05, 0.1) is 16.8 Å². The number of hydrogen-bond acceptors (Lipinski definition) is 7. The van der Waals surface area contributed by atoms with E-state index in [1.54, 1.807) is 24.5 Å². The fraction of sp³-hybridized carbons (Fsp3) is 0.308. The Bertz CT molecular complexity index is 642. The maximum absolute atomic E-state index is 11.4. The Kier molecular flexibility index (Phi) is 3.59. The molecule has 1 fully saturated rings. The smallest absolute Gasteiger partial charge is 0.351 e. The lowest BCUT2D eigenvalue weighted by Gasteiger charge is -2.17. The number of rotatable bonds is 4. The van der Waals surface area contributed by atoms with Crippen LogP contribution in [0.2, 0.25) is 0 Å². The van der Waals surface area contributed by atoms with E-state index < -0.39 is 4.92 Å². The van der Waals surface area contributed by atoms with Gasteiger partial charge in [0.25, 0.3) is 0 Å². The van der Waals surface area contributed by atoms with Crippen LogP contribution in [0, 0.1) is 10.1 Å².